The molecule has 18 heavy (non-hydrogen) atoms. The van der Waals surface area contributed by atoms with Crippen LogP contribution in [0.2, 0.25) is 0 Å². The molecule has 0 atom stereocenters. The molecule has 5 nitrogen and oxygen atoms in total. The Kier molecular flexibility index (Phi) is 4.02. The number of hydrogen-bond donors (Lipinski definition) is 3. The number of aromatic nitrogens is 1. The molecule has 2 rings (SSSR count). The van der Waals surface area contributed by atoms with Gasteiger partial charge in [0.05, 0.1) is 5.69 Å². The summed E-state index contributed by atoms with van der Waals surface area (Å²) < 4.78 is 0.973. The van der Waals surface area contributed by atoms with Gasteiger partial charge in [-0.05, 0) is 34.7 Å². The van der Waals surface area contributed by atoms with E-state index < -0.39 is 0 Å². The van der Waals surface area contributed by atoms with Crippen LogP contribution in [-0.2, 0) is 0 Å². The molecule has 1 heterocycles. The van der Waals surface area contributed by atoms with Crippen LogP contribution in [0.1, 0.15) is 9.67 Å². The lowest BCUT2D eigenvalue weighted by Crippen LogP contribution is -2.12. The summed E-state index contributed by atoms with van der Waals surface area (Å²) in [4.78, 5) is 16.5. The monoisotopic (exact) mass is 374 g/mol. The highest BCUT2D eigenvalue weighted by Gasteiger charge is 2.16. The number of nitrogens with zero attached hydrogens (tertiary/aromatic N) is 1. The molecule has 0 unspecified atom stereocenters. The molecule has 0 radical (unpaired) electrons. The van der Waals surface area contributed by atoms with E-state index in [4.69, 9.17) is 5.73 Å². The van der Waals surface area contributed by atoms with Crippen LogP contribution in [0.25, 0.3) is 0 Å². The second-order valence-electron chi connectivity index (χ2n) is 3.42. The Balaban J connectivity index is 2.22. The van der Waals surface area contributed by atoms with E-state index in [0.717, 1.165) is 9.26 Å². The van der Waals surface area contributed by atoms with Gasteiger partial charge in [-0.25, -0.2) is 4.98 Å². The molecule has 94 valence electrons. The number of benzene rings is 1. The van der Waals surface area contributed by atoms with Gasteiger partial charge in [0.1, 0.15) is 10.7 Å². The number of carbonyl (C=O) groups excluding carboxylic acids is 1. The molecule has 2 aromatic rings. The molecule has 0 aliphatic carbocycles. The summed E-state index contributed by atoms with van der Waals surface area (Å²) in [6, 6.07) is 7.55. The fourth-order valence-corrected chi connectivity index (χ4v) is 2.60. The van der Waals surface area contributed by atoms with Crippen molar-refractivity contribution >= 4 is 56.5 Å². The van der Waals surface area contributed by atoms with Crippen LogP contribution in [0.4, 0.5) is 16.6 Å². The highest BCUT2D eigenvalue weighted by molar-refractivity contribution is 14.1. The highest BCUT2D eigenvalue weighted by Crippen LogP contribution is 2.26. The third-order valence-corrected chi connectivity index (χ3v) is 4.22. The number of para-hydroxylation sites is 1. The van der Waals surface area contributed by atoms with E-state index in [1.165, 1.54) is 11.3 Å². The molecule has 1 amide bonds. The number of rotatable bonds is 3. The van der Waals surface area contributed by atoms with Gasteiger partial charge in [-0.2, -0.15) is 0 Å². The SMILES string of the molecule is CNc1nc(N)c(C(=O)Nc2ccccc2I)s1. The average Bonchev–Trinajstić information content (AvgIpc) is 2.73. The summed E-state index contributed by atoms with van der Waals surface area (Å²) in [5, 5.41) is 6.31. The van der Waals surface area contributed by atoms with Crippen molar-refractivity contribution in [1.82, 2.24) is 4.98 Å². The zero-order chi connectivity index (χ0) is 13.1. The third kappa shape index (κ3) is 2.72. The first-order valence-corrected chi connectivity index (χ1v) is 7.01. The summed E-state index contributed by atoms with van der Waals surface area (Å²) in [6.07, 6.45) is 0. The Hall–Kier alpha value is -1.35. The first kappa shape index (κ1) is 13.1. The summed E-state index contributed by atoms with van der Waals surface area (Å²) in [5.41, 5.74) is 6.47. The van der Waals surface area contributed by atoms with Crippen LogP contribution in [0.3, 0.4) is 0 Å². The molecule has 0 aliphatic rings. The van der Waals surface area contributed by atoms with Crippen LogP contribution in [-0.4, -0.2) is 17.9 Å². The van der Waals surface area contributed by atoms with Crippen LogP contribution < -0.4 is 16.4 Å². The molecule has 0 saturated heterocycles. The zero-order valence-electron chi connectivity index (χ0n) is 9.53. The first-order chi connectivity index (χ1) is 8.61. The Bertz CT molecular complexity index is 584. The Morgan fingerprint density at radius 3 is 2.78 bits per heavy atom. The summed E-state index contributed by atoms with van der Waals surface area (Å²) in [7, 11) is 1.74. The van der Waals surface area contributed by atoms with Crippen molar-refractivity contribution in [3.05, 3.63) is 32.7 Å². The van der Waals surface area contributed by atoms with E-state index in [9.17, 15) is 4.79 Å². The van der Waals surface area contributed by atoms with Crippen molar-refractivity contribution in [2.75, 3.05) is 23.4 Å². The number of halogens is 1. The molecule has 4 N–H and O–H groups in total. The van der Waals surface area contributed by atoms with E-state index >= 15 is 0 Å². The van der Waals surface area contributed by atoms with Crippen molar-refractivity contribution in [2.24, 2.45) is 0 Å². The van der Waals surface area contributed by atoms with Gasteiger partial charge in [-0.3, -0.25) is 4.79 Å². The molecule has 0 saturated carbocycles. The summed E-state index contributed by atoms with van der Waals surface area (Å²) in [6.45, 7) is 0. The number of nitrogen functional groups attached to an aromatic ring is 1. The number of thiazole rings is 1. The second kappa shape index (κ2) is 5.53. The number of amides is 1. The van der Waals surface area contributed by atoms with E-state index in [2.05, 4.69) is 38.2 Å². The second-order valence-corrected chi connectivity index (χ2v) is 5.58. The molecular weight excluding hydrogens is 363 g/mol. The highest BCUT2D eigenvalue weighted by atomic mass is 127. The predicted octanol–water partition coefficient (Wildman–Crippen LogP) is 2.62. The van der Waals surface area contributed by atoms with E-state index in [-0.39, 0.29) is 11.7 Å². The largest absolute Gasteiger partial charge is 0.382 e. The number of carbonyl (C=O) groups is 1. The maximum atomic E-state index is 12.1. The number of hydrogen-bond acceptors (Lipinski definition) is 5. The van der Waals surface area contributed by atoms with Gasteiger partial charge in [0.2, 0.25) is 0 Å². The van der Waals surface area contributed by atoms with E-state index in [1.54, 1.807) is 7.05 Å². The van der Waals surface area contributed by atoms with Crippen molar-refractivity contribution in [3.8, 4) is 0 Å². The minimum atomic E-state index is -0.240. The van der Waals surface area contributed by atoms with Crippen LogP contribution in [0, 0.1) is 3.57 Å². The number of nitrogens with one attached hydrogen (secondary N) is 2. The van der Waals surface area contributed by atoms with Crippen molar-refractivity contribution in [3.63, 3.8) is 0 Å². The minimum Gasteiger partial charge on any atom is -0.382 e. The fourth-order valence-electron chi connectivity index (χ4n) is 1.34. The molecule has 1 aromatic heterocycles. The van der Waals surface area contributed by atoms with Gasteiger partial charge in [-0.1, -0.05) is 23.5 Å². The maximum absolute atomic E-state index is 12.1. The summed E-state index contributed by atoms with van der Waals surface area (Å²) >= 11 is 3.39. The molecule has 0 fully saturated rings. The lowest BCUT2D eigenvalue weighted by atomic mass is 10.3. The van der Waals surface area contributed by atoms with Crippen molar-refractivity contribution < 1.29 is 4.79 Å². The molecule has 0 bridgehead atoms. The third-order valence-electron chi connectivity index (χ3n) is 2.20. The average molecular weight is 374 g/mol. The Morgan fingerprint density at radius 1 is 1.44 bits per heavy atom. The molecular formula is C11H11IN4OS. The number of nitrogens with two attached hydrogens (primary N) is 1. The van der Waals surface area contributed by atoms with Gasteiger partial charge in [-0.15, -0.1) is 0 Å². The number of anilines is 3. The van der Waals surface area contributed by atoms with Crippen LogP contribution >= 0.6 is 33.9 Å². The lowest BCUT2D eigenvalue weighted by Gasteiger charge is -2.05. The van der Waals surface area contributed by atoms with E-state index in [1.807, 2.05) is 24.3 Å². The zero-order valence-corrected chi connectivity index (χ0v) is 12.5. The van der Waals surface area contributed by atoms with Crippen molar-refractivity contribution in [1.29, 1.82) is 0 Å². The Morgan fingerprint density at radius 2 is 2.17 bits per heavy atom. The van der Waals surface area contributed by atoms with Gasteiger partial charge in [0.25, 0.3) is 5.91 Å². The first-order valence-electron chi connectivity index (χ1n) is 5.11. The quantitative estimate of drug-likeness (QED) is 0.722. The predicted molar refractivity (Wildman–Crippen MR) is 83.2 cm³/mol. The van der Waals surface area contributed by atoms with Crippen molar-refractivity contribution in [2.45, 2.75) is 0 Å². The normalized spacial score (nSPS) is 10.1. The minimum absolute atomic E-state index is 0.240. The molecule has 0 spiro atoms. The van der Waals surface area contributed by atoms with Crippen LogP contribution in [0.15, 0.2) is 24.3 Å². The Labute approximate surface area is 122 Å². The fraction of sp³-hybridized carbons (Fsp3) is 0.0909. The summed E-state index contributed by atoms with van der Waals surface area (Å²) in [5.74, 6) is 0.00315. The van der Waals surface area contributed by atoms with Gasteiger partial charge < -0.3 is 16.4 Å². The van der Waals surface area contributed by atoms with E-state index in [0.29, 0.717) is 10.0 Å². The molecule has 0 aliphatic heterocycles. The standard InChI is InChI=1S/C11H11IN4OS/c1-14-11-16-9(13)8(18-11)10(17)15-7-5-3-2-4-6(7)12/h2-5H,13H2,1H3,(H,14,16)(H,15,17). The van der Waals surface area contributed by atoms with Gasteiger partial charge >= 0.3 is 0 Å². The molecule has 1 aromatic carbocycles. The van der Waals surface area contributed by atoms with Gasteiger partial charge in [0, 0.05) is 10.6 Å². The smallest absolute Gasteiger partial charge is 0.269 e. The lowest BCUT2D eigenvalue weighted by molar-refractivity contribution is 0.103. The molecule has 7 heteroatoms. The maximum Gasteiger partial charge on any atom is 0.269 e. The van der Waals surface area contributed by atoms with Crippen LogP contribution in [0.5, 0.6) is 0 Å². The topological polar surface area (TPSA) is 80.0 Å². The van der Waals surface area contributed by atoms with Gasteiger partial charge in [0.15, 0.2) is 5.13 Å².